The molecule has 0 aliphatic carbocycles. The highest BCUT2D eigenvalue weighted by atomic mass is 32.2. The van der Waals surface area contributed by atoms with Gasteiger partial charge in [-0.05, 0) is 19.1 Å². The van der Waals surface area contributed by atoms with Crippen LogP contribution in [0.15, 0.2) is 18.3 Å². The molecule has 2 aromatic heterocycles. The first-order valence-electron chi connectivity index (χ1n) is 7.62. The van der Waals surface area contributed by atoms with Crippen LogP contribution in [-0.4, -0.2) is 47.0 Å². The first-order valence-corrected chi connectivity index (χ1v) is 8.36. The molecule has 2 atom stereocenters. The molecule has 1 aliphatic heterocycles. The Morgan fingerprint density at radius 2 is 2.19 bits per heavy atom. The van der Waals surface area contributed by atoms with E-state index in [1.165, 1.54) is 10.6 Å². The number of aromatic nitrogens is 2. The number of anilines is 1. The quantitative estimate of drug-likeness (QED) is 0.591. The molecule has 6 nitrogen and oxygen atoms in total. The molecular formula is C15H14F4N4O2S. The standard InChI is InChI=1S/C15H14F4N4O2S/c1-9-6-22(7-11(25-9)8-24-26-15(17,18)19)13-3-2-10(4-20)23-14(13)12(16)5-21-23/h2-3,5,9,11H,6-8H2,1H3. The van der Waals surface area contributed by atoms with E-state index in [0.717, 1.165) is 6.20 Å². The minimum absolute atomic E-state index is 0.141. The van der Waals surface area contributed by atoms with E-state index in [4.69, 9.17) is 10.00 Å². The van der Waals surface area contributed by atoms with E-state index in [1.807, 2.05) is 6.07 Å². The van der Waals surface area contributed by atoms with Gasteiger partial charge in [-0.15, -0.1) is 0 Å². The summed E-state index contributed by atoms with van der Waals surface area (Å²) in [5.41, 5.74) is -3.68. The van der Waals surface area contributed by atoms with Gasteiger partial charge in [-0.1, -0.05) is 0 Å². The first-order chi connectivity index (χ1) is 12.3. The molecule has 1 saturated heterocycles. The first kappa shape index (κ1) is 18.8. The van der Waals surface area contributed by atoms with Gasteiger partial charge in [0.15, 0.2) is 5.82 Å². The van der Waals surface area contributed by atoms with Crippen molar-refractivity contribution in [2.24, 2.45) is 0 Å². The molecule has 1 fully saturated rings. The summed E-state index contributed by atoms with van der Waals surface area (Å²) < 4.78 is 62.2. The van der Waals surface area contributed by atoms with E-state index < -0.39 is 29.5 Å². The zero-order valence-electron chi connectivity index (χ0n) is 13.5. The van der Waals surface area contributed by atoms with Gasteiger partial charge in [0.25, 0.3) is 0 Å². The summed E-state index contributed by atoms with van der Waals surface area (Å²) in [5, 5.41) is 13.0. The zero-order chi connectivity index (χ0) is 18.9. The van der Waals surface area contributed by atoms with E-state index in [-0.39, 0.29) is 30.5 Å². The Hall–Kier alpha value is -2.03. The maximum Gasteiger partial charge on any atom is 0.467 e. The minimum atomic E-state index is -4.49. The summed E-state index contributed by atoms with van der Waals surface area (Å²) >= 11 is -0.572. The number of alkyl halides is 3. The van der Waals surface area contributed by atoms with Gasteiger partial charge in [0.05, 0.1) is 30.7 Å². The molecular weight excluding hydrogens is 376 g/mol. The third-order valence-electron chi connectivity index (χ3n) is 3.78. The lowest BCUT2D eigenvalue weighted by molar-refractivity contribution is -0.0521. The SMILES string of the molecule is CC1CN(c2ccc(C#N)n3ncc(F)c23)CC(COSC(F)(F)F)O1. The van der Waals surface area contributed by atoms with Gasteiger partial charge < -0.3 is 13.8 Å². The van der Waals surface area contributed by atoms with Crippen molar-refractivity contribution in [3.05, 3.63) is 29.8 Å². The number of halogens is 4. The predicted octanol–water partition coefficient (Wildman–Crippen LogP) is 3.12. The lowest BCUT2D eigenvalue weighted by Gasteiger charge is -2.38. The van der Waals surface area contributed by atoms with Crippen molar-refractivity contribution in [3.8, 4) is 6.07 Å². The van der Waals surface area contributed by atoms with Gasteiger partial charge in [0.2, 0.25) is 0 Å². The second-order valence-corrected chi connectivity index (χ2v) is 6.62. The molecule has 0 bridgehead atoms. The van der Waals surface area contributed by atoms with E-state index in [9.17, 15) is 17.6 Å². The third kappa shape index (κ3) is 4.03. The highest BCUT2D eigenvalue weighted by molar-refractivity contribution is 7.95. The van der Waals surface area contributed by atoms with Crippen LogP contribution in [0.25, 0.3) is 5.52 Å². The largest absolute Gasteiger partial charge is 0.467 e. The molecule has 0 radical (unpaired) electrons. The third-order valence-corrected chi connectivity index (χ3v) is 4.23. The van der Waals surface area contributed by atoms with Crippen LogP contribution in [0.4, 0.5) is 23.2 Å². The van der Waals surface area contributed by atoms with Crippen LogP contribution in [0.1, 0.15) is 12.6 Å². The number of nitrogens with zero attached hydrogens (tertiary/aromatic N) is 4. The van der Waals surface area contributed by atoms with Gasteiger partial charge in [-0.25, -0.2) is 8.91 Å². The maximum atomic E-state index is 14.2. The van der Waals surface area contributed by atoms with Crippen LogP contribution in [0.2, 0.25) is 0 Å². The molecule has 2 unspecified atom stereocenters. The Kier molecular flexibility index (Phi) is 5.27. The van der Waals surface area contributed by atoms with Crippen molar-refractivity contribution in [2.45, 2.75) is 24.6 Å². The lowest BCUT2D eigenvalue weighted by atomic mass is 10.2. The topological polar surface area (TPSA) is 62.8 Å². The van der Waals surface area contributed by atoms with Crippen LogP contribution >= 0.6 is 12.0 Å². The monoisotopic (exact) mass is 390 g/mol. The fourth-order valence-electron chi connectivity index (χ4n) is 2.90. The molecule has 3 rings (SSSR count). The molecule has 0 amide bonds. The van der Waals surface area contributed by atoms with Crippen LogP contribution in [0, 0.1) is 17.1 Å². The molecule has 140 valence electrons. The average molecular weight is 390 g/mol. The number of rotatable bonds is 4. The molecule has 2 aromatic rings. The average Bonchev–Trinajstić information content (AvgIpc) is 2.95. The lowest BCUT2D eigenvalue weighted by Crippen LogP contribution is -2.48. The van der Waals surface area contributed by atoms with Crippen molar-refractivity contribution in [3.63, 3.8) is 0 Å². The van der Waals surface area contributed by atoms with Gasteiger partial charge in [0.1, 0.15) is 29.3 Å². The summed E-state index contributed by atoms with van der Waals surface area (Å²) in [5.74, 6) is -0.586. The molecule has 0 aromatic carbocycles. The van der Waals surface area contributed by atoms with Gasteiger partial charge in [-0.2, -0.15) is 23.5 Å². The fraction of sp³-hybridized carbons (Fsp3) is 0.467. The number of hydrogen-bond donors (Lipinski definition) is 0. The molecule has 1 aliphatic rings. The van der Waals surface area contributed by atoms with E-state index in [0.29, 0.717) is 12.2 Å². The van der Waals surface area contributed by atoms with Crippen molar-refractivity contribution < 1.29 is 26.5 Å². The molecule has 0 saturated carbocycles. The Morgan fingerprint density at radius 3 is 2.88 bits per heavy atom. The van der Waals surface area contributed by atoms with Crippen LogP contribution < -0.4 is 4.90 Å². The number of nitriles is 1. The highest BCUT2D eigenvalue weighted by Crippen LogP contribution is 2.32. The minimum Gasteiger partial charge on any atom is -0.369 e. The number of ether oxygens (including phenoxy) is 1. The summed E-state index contributed by atoms with van der Waals surface area (Å²) in [4.78, 5) is 1.79. The number of fused-ring (bicyclic) bond motifs is 1. The normalized spacial score (nSPS) is 21.2. The van der Waals surface area contributed by atoms with E-state index in [2.05, 4.69) is 9.28 Å². The van der Waals surface area contributed by atoms with Crippen molar-refractivity contribution >= 4 is 23.2 Å². The zero-order valence-corrected chi connectivity index (χ0v) is 14.4. The fourth-order valence-corrected chi connectivity index (χ4v) is 3.25. The van der Waals surface area contributed by atoms with Gasteiger partial charge in [-0.3, -0.25) is 0 Å². The summed E-state index contributed by atoms with van der Waals surface area (Å²) in [6, 6.07) is 5.04. The second kappa shape index (κ2) is 7.30. The van der Waals surface area contributed by atoms with Gasteiger partial charge >= 0.3 is 5.51 Å². The molecule has 3 heterocycles. The van der Waals surface area contributed by atoms with E-state index >= 15 is 0 Å². The van der Waals surface area contributed by atoms with E-state index in [1.54, 1.807) is 17.9 Å². The van der Waals surface area contributed by atoms with Crippen molar-refractivity contribution in [2.75, 3.05) is 24.6 Å². The smallest absolute Gasteiger partial charge is 0.369 e. The Labute approximate surface area is 150 Å². The van der Waals surface area contributed by atoms with Crippen LogP contribution in [-0.2, 0) is 8.92 Å². The molecule has 26 heavy (non-hydrogen) atoms. The number of pyridine rings is 1. The highest BCUT2D eigenvalue weighted by Gasteiger charge is 2.32. The molecule has 0 spiro atoms. The second-order valence-electron chi connectivity index (χ2n) is 5.76. The maximum absolute atomic E-state index is 14.2. The summed E-state index contributed by atoms with van der Waals surface area (Å²) in [6.07, 6.45) is 0.106. The Morgan fingerprint density at radius 1 is 1.42 bits per heavy atom. The number of morpholine rings is 1. The predicted molar refractivity (Wildman–Crippen MR) is 86.0 cm³/mol. The van der Waals surface area contributed by atoms with Crippen LogP contribution in [0.5, 0.6) is 0 Å². The Bertz CT molecular complexity index is 835. The summed E-state index contributed by atoms with van der Waals surface area (Å²) in [7, 11) is 0. The molecule has 0 N–H and O–H groups in total. The van der Waals surface area contributed by atoms with Gasteiger partial charge in [0, 0.05) is 13.1 Å². The van der Waals surface area contributed by atoms with Crippen LogP contribution in [0.3, 0.4) is 0 Å². The molecule has 11 heteroatoms. The number of hydrogen-bond acceptors (Lipinski definition) is 6. The van der Waals surface area contributed by atoms with Crippen molar-refractivity contribution in [1.29, 1.82) is 5.26 Å². The summed E-state index contributed by atoms with van der Waals surface area (Å²) in [6.45, 7) is 2.13. The Balaban J connectivity index is 1.82. The van der Waals surface area contributed by atoms with Crippen molar-refractivity contribution in [1.82, 2.24) is 9.61 Å².